The molecule has 0 aliphatic carbocycles. The normalized spacial score (nSPS) is 10.8. The Balaban J connectivity index is 1.68. The van der Waals surface area contributed by atoms with Crippen molar-refractivity contribution >= 4 is 23.1 Å². The Morgan fingerprint density at radius 1 is 1.32 bits per heavy atom. The number of thioether (sulfide) groups is 1. The van der Waals surface area contributed by atoms with E-state index in [0.29, 0.717) is 0 Å². The van der Waals surface area contributed by atoms with Crippen molar-refractivity contribution < 1.29 is 0 Å². The molecule has 0 fully saturated rings. The smallest absolute Gasteiger partial charge is 0.208 e. The average molecular weight is 289 g/mol. The van der Waals surface area contributed by atoms with E-state index in [1.54, 1.807) is 29.3 Å². The van der Waals surface area contributed by atoms with Crippen molar-refractivity contribution in [1.29, 1.82) is 0 Å². The first kappa shape index (κ1) is 12.3. The van der Waals surface area contributed by atoms with Crippen LogP contribution in [0.5, 0.6) is 0 Å². The second-order valence-corrected chi connectivity index (χ2v) is 5.65. The van der Waals surface area contributed by atoms with Crippen LogP contribution in [-0.4, -0.2) is 25.1 Å². The van der Waals surface area contributed by atoms with Gasteiger partial charge in [-0.2, -0.15) is 0 Å². The molecule has 0 aromatic carbocycles. The van der Waals surface area contributed by atoms with Gasteiger partial charge in [0.15, 0.2) is 0 Å². The standard InChI is InChI=1S/C12H11N5S2/c1-8-14-12(17-16-8)19-7-9-6-18-11(15-9)10-4-2-3-5-13-10/h2-6H,7H2,1H3,(H,14,16,17). The van der Waals surface area contributed by atoms with Crippen molar-refractivity contribution in [3.8, 4) is 10.7 Å². The summed E-state index contributed by atoms with van der Waals surface area (Å²) in [5, 5.41) is 10.7. The van der Waals surface area contributed by atoms with Gasteiger partial charge in [-0.3, -0.25) is 10.1 Å². The first-order valence-electron chi connectivity index (χ1n) is 5.69. The second kappa shape index (κ2) is 5.50. The van der Waals surface area contributed by atoms with E-state index in [-0.39, 0.29) is 0 Å². The van der Waals surface area contributed by atoms with Gasteiger partial charge in [0.1, 0.15) is 10.8 Å². The van der Waals surface area contributed by atoms with Crippen LogP contribution in [0, 0.1) is 6.92 Å². The van der Waals surface area contributed by atoms with E-state index in [4.69, 9.17) is 0 Å². The fraction of sp³-hybridized carbons (Fsp3) is 0.167. The summed E-state index contributed by atoms with van der Waals surface area (Å²) in [6.45, 7) is 1.89. The number of nitrogens with one attached hydrogen (secondary N) is 1. The third kappa shape index (κ3) is 2.99. The molecule has 3 aromatic rings. The van der Waals surface area contributed by atoms with Gasteiger partial charge in [0.05, 0.1) is 11.4 Å². The number of H-pyrrole nitrogens is 1. The van der Waals surface area contributed by atoms with Crippen LogP contribution in [0.2, 0.25) is 0 Å². The number of nitrogens with zero attached hydrogens (tertiary/aromatic N) is 4. The van der Waals surface area contributed by atoms with E-state index in [0.717, 1.165) is 33.1 Å². The summed E-state index contributed by atoms with van der Waals surface area (Å²) < 4.78 is 0. The van der Waals surface area contributed by atoms with Gasteiger partial charge in [-0.1, -0.05) is 17.8 Å². The Kier molecular flexibility index (Phi) is 3.56. The van der Waals surface area contributed by atoms with Crippen LogP contribution in [0.4, 0.5) is 0 Å². The summed E-state index contributed by atoms with van der Waals surface area (Å²) in [4.78, 5) is 13.1. The number of aromatic amines is 1. The summed E-state index contributed by atoms with van der Waals surface area (Å²) in [6, 6.07) is 5.84. The first-order valence-corrected chi connectivity index (χ1v) is 7.55. The lowest BCUT2D eigenvalue weighted by Gasteiger charge is -1.94. The van der Waals surface area contributed by atoms with Crippen LogP contribution in [0.3, 0.4) is 0 Å². The molecule has 0 unspecified atom stereocenters. The van der Waals surface area contributed by atoms with Crippen molar-refractivity contribution in [2.45, 2.75) is 17.8 Å². The molecule has 3 rings (SSSR count). The molecule has 0 saturated heterocycles. The molecule has 3 aromatic heterocycles. The van der Waals surface area contributed by atoms with Gasteiger partial charge in [0.2, 0.25) is 5.16 Å². The summed E-state index contributed by atoms with van der Waals surface area (Å²) in [7, 11) is 0. The zero-order chi connectivity index (χ0) is 13.1. The number of aryl methyl sites for hydroxylation is 1. The summed E-state index contributed by atoms with van der Waals surface area (Å²) in [6.07, 6.45) is 1.78. The molecule has 0 saturated carbocycles. The number of hydrogen-bond donors (Lipinski definition) is 1. The molecule has 0 aliphatic heterocycles. The maximum absolute atomic E-state index is 4.57. The van der Waals surface area contributed by atoms with Crippen LogP contribution in [0.25, 0.3) is 10.7 Å². The van der Waals surface area contributed by atoms with E-state index in [2.05, 4.69) is 30.5 Å². The third-order valence-electron chi connectivity index (χ3n) is 2.36. The van der Waals surface area contributed by atoms with Gasteiger partial charge < -0.3 is 0 Å². The highest BCUT2D eigenvalue weighted by molar-refractivity contribution is 7.98. The van der Waals surface area contributed by atoms with Gasteiger partial charge in [-0.25, -0.2) is 9.97 Å². The van der Waals surface area contributed by atoms with Crippen molar-refractivity contribution in [2.75, 3.05) is 0 Å². The quantitative estimate of drug-likeness (QED) is 0.748. The average Bonchev–Trinajstić information content (AvgIpc) is 3.06. The molecule has 3 heterocycles. The van der Waals surface area contributed by atoms with Gasteiger partial charge in [0.25, 0.3) is 0 Å². The molecule has 5 nitrogen and oxygen atoms in total. The molecule has 0 aliphatic rings. The second-order valence-electron chi connectivity index (χ2n) is 3.85. The van der Waals surface area contributed by atoms with Crippen molar-refractivity contribution in [2.24, 2.45) is 0 Å². The van der Waals surface area contributed by atoms with Crippen molar-refractivity contribution in [1.82, 2.24) is 25.1 Å². The minimum absolute atomic E-state index is 0.755. The summed E-state index contributed by atoms with van der Waals surface area (Å²) in [5.74, 6) is 1.59. The highest BCUT2D eigenvalue weighted by Gasteiger charge is 2.07. The molecule has 7 heteroatoms. The zero-order valence-corrected chi connectivity index (χ0v) is 11.8. The van der Waals surface area contributed by atoms with E-state index < -0.39 is 0 Å². The minimum atomic E-state index is 0.755. The Morgan fingerprint density at radius 3 is 3.00 bits per heavy atom. The number of rotatable bonds is 4. The lowest BCUT2D eigenvalue weighted by Crippen LogP contribution is -1.84. The summed E-state index contributed by atoms with van der Waals surface area (Å²) >= 11 is 3.18. The zero-order valence-electron chi connectivity index (χ0n) is 10.2. The Bertz CT molecular complexity index is 662. The Hall–Kier alpha value is -1.73. The molecule has 19 heavy (non-hydrogen) atoms. The molecular formula is C12H11N5S2. The van der Waals surface area contributed by atoms with Gasteiger partial charge in [-0.05, 0) is 19.1 Å². The largest absolute Gasteiger partial charge is 0.262 e. The van der Waals surface area contributed by atoms with Crippen LogP contribution in [-0.2, 0) is 5.75 Å². The number of thiazole rings is 1. The van der Waals surface area contributed by atoms with Gasteiger partial charge >= 0.3 is 0 Å². The van der Waals surface area contributed by atoms with Gasteiger partial charge in [0, 0.05) is 17.3 Å². The summed E-state index contributed by atoms with van der Waals surface area (Å²) in [5.41, 5.74) is 1.94. The molecule has 0 spiro atoms. The van der Waals surface area contributed by atoms with Gasteiger partial charge in [-0.15, -0.1) is 16.4 Å². The third-order valence-corrected chi connectivity index (χ3v) is 4.16. The Labute approximate surface area is 118 Å². The van der Waals surface area contributed by atoms with Crippen molar-refractivity contribution in [3.63, 3.8) is 0 Å². The number of aromatic nitrogens is 5. The van der Waals surface area contributed by atoms with E-state index >= 15 is 0 Å². The van der Waals surface area contributed by atoms with E-state index in [9.17, 15) is 0 Å². The predicted octanol–water partition coefficient (Wildman–Crippen LogP) is 2.92. The van der Waals surface area contributed by atoms with Crippen LogP contribution in [0.1, 0.15) is 11.5 Å². The number of hydrogen-bond acceptors (Lipinski definition) is 6. The molecule has 0 bridgehead atoms. The fourth-order valence-corrected chi connectivity index (χ4v) is 3.14. The molecule has 0 radical (unpaired) electrons. The Morgan fingerprint density at radius 2 is 2.26 bits per heavy atom. The first-order chi connectivity index (χ1) is 9.31. The number of pyridine rings is 1. The highest BCUT2D eigenvalue weighted by Crippen LogP contribution is 2.25. The highest BCUT2D eigenvalue weighted by atomic mass is 32.2. The minimum Gasteiger partial charge on any atom is -0.262 e. The molecule has 0 amide bonds. The van der Waals surface area contributed by atoms with Crippen LogP contribution < -0.4 is 0 Å². The predicted molar refractivity (Wildman–Crippen MR) is 76.0 cm³/mol. The molecular weight excluding hydrogens is 278 g/mol. The lowest BCUT2D eigenvalue weighted by atomic mass is 10.4. The van der Waals surface area contributed by atoms with E-state index in [1.165, 1.54) is 0 Å². The fourth-order valence-electron chi connectivity index (χ4n) is 1.51. The molecule has 0 atom stereocenters. The maximum Gasteiger partial charge on any atom is 0.208 e. The monoisotopic (exact) mass is 289 g/mol. The van der Waals surface area contributed by atoms with Crippen molar-refractivity contribution in [3.05, 3.63) is 41.3 Å². The lowest BCUT2D eigenvalue weighted by molar-refractivity contribution is 0.968. The topological polar surface area (TPSA) is 67.3 Å². The molecule has 1 N–H and O–H groups in total. The van der Waals surface area contributed by atoms with E-state index in [1.807, 2.05) is 25.1 Å². The van der Waals surface area contributed by atoms with Crippen LogP contribution in [0.15, 0.2) is 34.9 Å². The SMILES string of the molecule is Cc1nc(SCc2csc(-c3ccccn3)n2)n[nH]1. The molecule has 96 valence electrons. The maximum atomic E-state index is 4.57. The van der Waals surface area contributed by atoms with Crippen LogP contribution >= 0.6 is 23.1 Å².